The molecule has 108 valence electrons. The fraction of sp³-hybridized carbons (Fsp3) is 0.562. The highest BCUT2D eigenvalue weighted by molar-refractivity contribution is 8.00. The SMILES string of the molecule is CNC1CCN(C(=O)C2SCCc3ccccc32)CC1. The highest BCUT2D eigenvalue weighted by atomic mass is 32.2. The van der Waals surface area contributed by atoms with Gasteiger partial charge in [0.05, 0.1) is 0 Å². The van der Waals surface area contributed by atoms with Crippen molar-refractivity contribution >= 4 is 17.7 Å². The molecule has 20 heavy (non-hydrogen) atoms. The van der Waals surface area contributed by atoms with E-state index in [-0.39, 0.29) is 5.25 Å². The van der Waals surface area contributed by atoms with E-state index in [1.165, 1.54) is 11.1 Å². The number of thioether (sulfide) groups is 1. The van der Waals surface area contributed by atoms with Gasteiger partial charge in [-0.05, 0) is 43.2 Å². The van der Waals surface area contributed by atoms with Crippen LogP contribution < -0.4 is 5.32 Å². The van der Waals surface area contributed by atoms with Crippen LogP contribution in [0.5, 0.6) is 0 Å². The average molecular weight is 290 g/mol. The van der Waals surface area contributed by atoms with Gasteiger partial charge in [0.2, 0.25) is 5.91 Å². The maximum atomic E-state index is 12.8. The Morgan fingerprint density at radius 1 is 1.30 bits per heavy atom. The number of hydrogen-bond donors (Lipinski definition) is 1. The molecule has 1 N–H and O–H groups in total. The molecule has 1 aromatic rings. The molecule has 2 aliphatic heterocycles. The topological polar surface area (TPSA) is 32.3 Å². The number of nitrogens with one attached hydrogen (secondary N) is 1. The van der Waals surface area contributed by atoms with Crippen LogP contribution in [-0.2, 0) is 11.2 Å². The zero-order valence-electron chi connectivity index (χ0n) is 12.0. The van der Waals surface area contributed by atoms with Gasteiger partial charge in [-0.3, -0.25) is 4.79 Å². The van der Waals surface area contributed by atoms with Crippen molar-refractivity contribution in [3.63, 3.8) is 0 Å². The Labute approximate surface area is 125 Å². The van der Waals surface area contributed by atoms with Gasteiger partial charge in [-0.25, -0.2) is 0 Å². The first-order valence-electron chi connectivity index (χ1n) is 7.45. The number of carbonyl (C=O) groups is 1. The largest absolute Gasteiger partial charge is 0.341 e. The van der Waals surface area contributed by atoms with Crippen LogP contribution in [0.2, 0.25) is 0 Å². The molecule has 1 saturated heterocycles. The molecule has 3 nitrogen and oxygen atoms in total. The summed E-state index contributed by atoms with van der Waals surface area (Å²) in [5, 5.41) is 3.33. The smallest absolute Gasteiger partial charge is 0.240 e. The molecule has 0 spiro atoms. The van der Waals surface area contributed by atoms with Crippen molar-refractivity contribution in [2.45, 2.75) is 30.6 Å². The van der Waals surface area contributed by atoms with Crippen LogP contribution in [0, 0.1) is 0 Å². The molecule has 0 aliphatic carbocycles. The minimum Gasteiger partial charge on any atom is -0.341 e. The maximum absolute atomic E-state index is 12.8. The second kappa shape index (κ2) is 6.19. The summed E-state index contributed by atoms with van der Waals surface area (Å²) in [7, 11) is 2.01. The number of carbonyl (C=O) groups excluding carboxylic acids is 1. The lowest BCUT2D eigenvalue weighted by atomic mass is 9.99. The Kier molecular flexibility index (Phi) is 4.32. The highest BCUT2D eigenvalue weighted by Gasteiger charge is 2.32. The van der Waals surface area contributed by atoms with E-state index in [1.54, 1.807) is 0 Å². The minimum absolute atomic E-state index is 0.0195. The molecule has 2 aliphatic rings. The Morgan fingerprint density at radius 3 is 2.80 bits per heavy atom. The molecule has 1 fully saturated rings. The van der Waals surface area contributed by atoms with E-state index in [0.717, 1.165) is 38.1 Å². The van der Waals surface area contributed by atoms with Gasteiger partial charge >= 0.3 is 0 Å². The number of rotatable bonds is 2. The highest BCUT2D eigenvalue weighted by Crippen LogP contribution is 2.38. The van der Waals surface area contributed by atoms with Crippen LogP contribution in [0.4, 0.5) is 0 Å². The Balaban J connectivity index is 1.72. The van der Waals surface area contributed by atoms with E-state index in [4.69, 9.17) is 0 Å². The summed E-state index contributed by atoms with van der Waals surface area (Å²) in [6.07, 6.45) is 3.23. The number of hydrogen-bond acceptors (Lipinski definition) is 3. The lowest BCUT2D eigenvalue weighted by Gasteiger charge is -2.35. The van der Waals surface area contributed by atoms with Crippen LogP contribution in [0.3, 0.4) is 0 Å². The van der Waals surface area contributed by atoms with Crippen molar-refractivity contribution in [2.75, 3.05) is 25.9 Å². The lowest BCUT2D eigenvalue weighted by molar-refractivity contribution is -0.131. The first-order valence-corrected chi connectivity index (χ1v) is 8.50. The number of benzene rings is 1. The summed E-state index contributed by atoms with van der Waals surface area (Å²) in [4.78, 5) is 14.9. The Morgan fingerprint density at radius 2 is 2.05 bits per heavy atom. The van der Waals surface area contributed by atoms with Crippen molar-refractivity contribution in [3.8, 4) is 0 Å². The summed E-state index contributed by atoms with van der Waals surface area (Å²) >= 11 is 1.81. The van der Waals surface area contributed by atoms with Crippen molar-refractivity contribution < 1.29 is 4.79 Å². The third-order valence-corrected chi connectivity index (χ3v) is 5.66. The Bertz CT molecular complexity index is 483. The number of fused-ring (bicyclic) bond motifs is 1. The molecule has 2 heterocycles. The first kappa shape index (κ1) is 14.0. The second-order valence-electron chi connectivity index (χ2n) is 5.59. The van der Waals surface area contributed by atoms with E-state index in [2.05, 4.69) is 34.5 Å². The quantitative estimate of drug-likeness (QED) is 0.906. The summed E-state index contributed by atoms with van der Waals surface area (Å²) in [6, 6.07) is 9.00. The third-order valence-electron chi connectivity index (χ3n) is 4.43. The molecule has 0 aromatic heterocycles. The van der Waals surface area contributed by atoms with Crippen LogP contribution >= 0.6 is 11.8 Å². The number of piperidine rings is 1. The number of likely N-dealkylation sites (tertiary alicyclic amines) is 1. The molecule has 0 saturated carbocycles. The van der Waals surface area contributed by atoms with E-state index < -0.39 is 0 Å². The van der Waals surface area contributed by atoms with Gasteiger partial charge in [0.1, 0.15) is 5.25 Å². The van der Waals surface area contributed by atoms with Gasteiger partial charge in [0.15, 0.2) is 0 Å². The Hall–Kier alpha value is -1.00. The summed E-state index contributed by atoms with van der Waals surface area (Å²) < 4.78 is 0. The van der Waals surface area contributed by atoms with Gasteiger partial charge in [-0.1, -0.05) is 24.3 Å². The molecular formula is C16H22N2OS. The zero-order chi connectivity index (χ0) is 13.9. The van der Waals surface area contributed by atoms with Gasteiger partial charge in [-0.15, -0.1) is 11.8 Å². The summed E-state index contributed by atoms with van der Waals surface area (Å²) in [5.74, 6) is 1.37. The maximum Gasteiger partial charge on any atom is 0.240 e. The van der Waals surface area contributed by atoms with E-state index in [1.807, 2.05) is 18.8 Å². The average Bonchev–Trinajstić information content (AvgIpc) is 2.54. The molecule has 0 radical (unpaired) electrons. The molecule has 0 bridgehead atoms. The molecule has 4 heteroatoms. The summed E-state index contributed by atoms with van der Waals surface area (Å²) in [6.45, 7) is 1.78. The van der Waals surface area contributed by atoms with Crippen molar-refractivity contribution in [1.82, 2.24) is 10.2 Å². The van der Waals surface area contributed by atoms with Crippen LogP contribution in [0.15, 0.2) is 24.3 Å². The number of amides is 1. The molecule has 1 atom stereocenters. The van der Waals surface area contributed by atoms with E-state index >= 15 is 0 Å². The number of nitrogens with zero attached hydrogens (tertiary/aromatic N) is 1. The predicted molar refractivity (Wildman–Crippen MR) is 84.0 cm³/mol. The van der Waals surface area contributed by atoms with Crippen LogP contribution in [0.25, 0.3) is 0 Å². The molecule has 1 unspecified atom stereocenters. The van der Waals surface area contributed by atoms with Crippen molar-refractivity contribution in [3.05, 3.63) is 35.4 Å². The van der Waals surface area contributed by atoms with Gasteiger partial charge in [0, 0.05) is 19.1 Å². The molecular weight excluding hydrogens is 268 g/mol. The lowest BCUT2D eigenvalue weighted by Crippen LogP contribution is -2.45. The zero-order valence-corrected chi connectivity index (χ0v) is 12.8. The minimum atomic E-state index is 0.0195. The monoisotopic (exact) mass is 290 g/mol. The fourth-order valence-electron chi connectivity index (χ4n) is 3.15. The normalized spacial score (nSPS) is 23.4. The van der Waals surface area contributed by atoms with E-state index in [0.29, 0.717) is 11.9 Å². The van der Waals surface area contributed by atoms with Gasteiger partial charge in [0.25, 0.3) is 0 Å². The predicted octanol–water partition coefficient (Wildman–Crippen LogP) is 2.23. The fourth-order valence-corrected chi connectivity index (χ4v) is 4.43. The molecule has 1 aromatic carbocycles. The summed E-state index contributed by atoms with van der Waals surface area (Å²) in [5.41, 5.74) is 2.60. The first-order chi connectivity index (χ1) is 9.79. The van der Waals surface area contributed by atoms with Crippen molar-refractivity contribution in [2.24, 2.45) is 0 Å². The third kappa shape index (κ3) is 2.72. The standard InChI is InChI=1S/C16H22N2OS/c1-17-13-6-9-18(10-7-13)16(19)15-14-5-3-2-4-12(14)8-11-20-15/h2-5,13,15,17H,6-11H2,1H3. The number of aryl methyl sites for hydroxylation is 1. The second-order valence-corrected chi connectivity index (χ2v) is 6.80. The van der Waals surface area contributed by atoms with Gasteiger partial charge < -0.3 is 10.2 Å². The van der Waals surface area contributed by atoms with Crippen LogP contribution in [0.1, 0.15) is 29.2 Å². The van der Waals surface area contributed by atoms with E-state index in [9.17, 15) is 4.79 Å². The molecule has 1 amide bonds. The van der Waals surface area contributed by atoms with Crippen molar-refractivity contribution in [1.29, 1.82) is 0 Å². The molecule has 3 rings (SSSR count). The van der Waals surface area contributed by atoms with Gasteiger partial charge in [-0.2, -0.15) is 0 Å². The van der Waals surface area contributed by atoms with Crippen LogP contribution in [-0.4, -0.2) is 42.7 Å².